The van der Waals surface area contributed by atoms with E-state index in [2.05, 4.69) is 13.8 Å². The van der Waals surface area contributed by atoms with E-state index in [-0.39, 0.29) is 0 Å². The highest BCUT2D eigenvalue weighted by Crippen LogP contribution is 2.13. The molecule has 0 aliphatic carbocycles. The van der Waals surface area contributed by atoms with Crippen LogP contribution < -0.4 is 5.82 Å². The molecule has 1 aromatic heterocycles. The molecule has 68 valence electrons. The van der Waals surface area contributed by atoms with Gasteiger partial charge < -0.3 is 8.83 Å². The van der Waals surface area contributed by atoms with Crippen molar-refractivity contribution in [3.63, 3.8) is 0 Å². The average molecular weight is 170 g/mol. The van der Waals surface area contributed by atoms with Gasteiger partial charge in [-0.25, -0.2) is 4.79 Å². The van der Waals surface area contributed by atoms with E-state index < -0.39 is 5.82 Å². The van der Waals surface area contributed by atoms with Crippen LogP contribution in [0.2, 0.25) is 0 Å². The fourth-order valence-electron chi connectivity index (χ4n) is 1.02. The first-order valence-corrected chi connectivity index (χ1v) is 4.23. The predicted octanol–water partition coefficient (Wildman–Crippen LogP) is 2.13. The standard InChI is InChI=1S/C9H14O3/c1-4-6(2)5-8-7(3)11-9(10)12-8/h6H,4-5H2,1-3H3. The van der Waals surface area contributed by atoms with Crippen LogP contribution in [0.4, 0.5) is 0 Å². The molecule has 1 atom stereocenters. The maximum absolute atomic E-state index is 10.6. The van der Waals surface area contributed by atoms with Gasteiger partial charge in [-0.1, -0.05) is 20.3 Å². The van der Waals surface area contributed by atoms with E-state index in [4.69, 9.17) is 8.83 Å². The molecular formula is C9H14O3. The van der Waals surface area contributed by atoms with E-state index in [0.29, 0.717) is 17.4 Å². The van der Waals surface area contributed by atoms with Gasteiger partial charge in [0.1, 0.15) is 11.5 Å². The second kappa shape index (κ2) is 3.61. The molecule has 0 aliphatic rings. The molecule has 3 heteroatoms. The third-order valence-electron chi connectivity index (χ3n) is 2.07. The molecule has 0 amide bonds. The van der Waals surface area contributed by atoms with Crippen molar-refractivity contribution in [1.82, 2.24) is 0 Å². The fourth-order valence-corrected chi connectivity index (χ4v) is 1.02. The molecule has 0 saturated carbocycles. The Balaban J connectivity index is 2.75. The first kappa shape index (κ1) is 9.10. The van der Waals surface area contributed by atoms with Gasteiger partial charge in [0, 0.05) is 6.42 Å². The van der Waals surface area contributed by atoms with Gasteiger partial charge in [0.25, 0.3) is 0 Å². The lowest BCUT2D eigenvalue weighted by Gasteiger charge is -2.03. The smallest absolute Gasteiger partial charge is 0.396 e. The molecular weight excluding hydrogens is 156 g/mol. The quantitative estimate of drug-likeness (QED) is 0.697. The largest absolute Gasteiger partial charge is 0.519 e. The second-order valence-corrected chi connectivity index (χ2v) is 3.15. The lowest BCUT2D eigenvalue weighted by Crippen LogP contribution is -1.98. The molecule has 0 saturated heterocycles. The van der Waals surface area contributed by atoms with Crippen LogP contribution in [0.5, 0.6) is 0 Å². The molecule has 3 nitrogen and oxygen atoms in total. The summed E-state index contributed by atoms with van der Waals surface area (Å²) < 4.78 is 9.60. The zero-order valence-corrected chi connectivity index (χ0v) is 7.72. The van der Waals surface area contributed by atoms with Crippen LogP contribution in [-0.4, -0.2) is 0 Å². The van der Waals surface area contributed by atoms with Crippen molar-refractivity contribution in [3.8, 4) is 0 Å². The second-order valence-electron chi connectivity index (χ2n) is 3.15. The third-order valence-corrected chi connectivity index (χ3v) is 2.07. The maximum atomic E-state index is 10.6. The minimum Gasteiger partial charge on any atom is -0.396 e. The van der Waals surface area contributed by atoms with E-state index in [1.54, 1.807) is 6.92 Å². The number of hydrogen-bond acceptors (Lipinski definition) is 3. The van der Waals surface area contributed by atoms with Crippen LogP contribution in [0.25, 0.3) is 0 Å². The van der Waals surface area contributed by atoms with Crippen molar-refractivity contribution < 1.29 is 8.83 Å². The summed E-state index contributed by atoms with van der Waals surface area (Å²) >= 11 is 0. The molecule has 0 radical (unpaired) electrons. The van der Waals surface area contributed by atoms with Crippen molar-refractivity contribution in [3.05, 3.63) is 22.1 Å². The van der Waals surface area contributed by atoms with E-state index >= 15 is 0 Å². The molecule has 12 heavy (non-hydrogen) atoms. The molecule has 1 heterocycles. The summed E-state index contributed by atoms with van der Waals surface area (Å²) in [5, 5.41) is 0. The van der Waals surface area contributed by atoms with Crippen LogP contribution >= 0.6 is 0 Å². The lowest BCUT2D eigenvalue weighted by molar-refractivity contribution is 0.361. The highest BCUT2D eigenvalue weighted by atomic mass is 16.6. The van der Waals surface area contributed by atoms with E-state index in [1.165, 1.54) is 0 Å². The topological polar surface area (TPSA) is 43.4 Å². The molecule has 0 aromatic carbocycles. The van der Waals surface area contributed by atoms with Crippen LogP contribution in [-0.2, 0) is 6.42 Å². The van der Waals surface area contributed by atoms with Gasteiger partial charge in [0.05, 0.1) is 0 Å². The molecule has 1 rings (SSSR count). The minimum absolute atomic E-state index is 0.532. The first-order chi connectivity index (χ1) is 5.63. The Hall–Kier alpha value is -0.990. The molecule has 1 aromatic rings. The highest BCUT2D eigenvalue weighted by molar-refractivity contribution is 5.01. The van der Waals surface area contributed by atoms with E-state index in [0.717, 1.165) is 12.8 Å². The predicted molar refractivity (Wildman–Crippen MR) is 45.1 cm³/mol. The molecule has 0 bridgehead atoms. The van der Waals surface area contributed by atoms with Gasteiger partial charge in [0.2, 0.25) is 0 Å². The highest BCUT2D eigenvalue weighted by Gasteiger charge is 2.10. The van der Waals surface area contributed by atoms with Gasteiger partial charge in [-0.3, -0.25) is 0 Å². The van der Waals surface area contributed by atoms with Crippen LogP contribution in [0.3, 0.4) is 0 Å². The summed E-state index contributed by atoms with van der Waals surface area (Å²) in [5.74, 6) is 1.24. The van der Waals surface area contributed by atoms with Gasteiger partial charge in [-0.05, 0) is 12.8 Å². The minimum atomic E-state index is -0.592. The Labute approximate surface area is 71.4 Å². The van der Waals surface area contributed by atoms with Crippen LogP contribution in [0, 0.1) is 12.8 Å². The summed E-state index contributed by atoms with van der Waals surface area (Å²) in [5.41, 5.74) is 0. The van der Waals surface area contributed by atoms with Gasteiger partial charge in [0.15, 0.2) is 0 Å². The lowest BCUT2D eigenvalue weighted by atomic mass is 10.0. The number of rotatable bonds is 3. The Morgan fingerprint density at radius 3 is 2.50 bits per heavy atom. The van der Waals surface area contributed by atoms with E-state index in [1.807, 2.05) is 0 Å². The molecule has 0 fully saturated rings. The normalized spacial score (nSPS) is 13.2. The van der Waals surface area contributed by atoms with Crippen molar-refractivity contribution in [1.29, 1.82) is 0 Å². The molecule has 0 aliphatic heterocycles. The van der Waals surface area contributed by atoms with Crippen molar-refractivity contribution >= 4 is 0 Å². The molecule has 1 unspecified atom stereocenters. The zero-order valence-electron chi connectivity index (χ0n) is 7.72. The first-order valence-electron chi connectivity index (χ1n) is 4.23. The average Bonchev–Trinajstić information content (AvgIpc) is 2.30. The molecule has 0 spiro atoms. The Morgan fingerprint density at radius 1 is 1.42 bits per heavy atom. The Bertz CT molecular complexity index is 295. The van der Waals surface area contributed by atoms with Crippen molar-refractivity contribution in [2.45, 2.75) is 33.6 Å². The summed E-state index contributed by atoms with van der Waals surface area (Å²) in [6.07, 6.45) is 1.86. The summed E-state index contributed by atoms with van der Waals surface area (Å²) in [4.78, 5) is 10.6. The van der Waals surface area contributed by atoms with Gasteiger partial charge >= 0.3 is 5.82 Å². The van der Waals surface area contributed by atoms with Crippen molar-refractivity contribution in [2.24, 2.45) is 5.92 Å². The SMILES string of the molecule is CCC(C)Cc1oc(=O)oc1C. The maximum Gasteiger partial charge on any atom is 0.519 e. The fraction of sp³-hybridized carbons (Fsp3) is 0.667. The van der Waals surface area contributed by atoms with Gasteiger partial charge in [-0.2, -0.15) is 0 Å². The molecule has 0 N–H and O–H groups in total. The summed E-state index contributed by atoms with van der Waals surface area (Å²) in [6.45, 7) is 5.98. The summed E-state index contributed by atoms with van der Waals surface area (Å²) in [6, 6.07) is 0. The van der Waals surface area contributed by atoms with Crippen molar-refractivity contribution in [2.75, 3.05) is 0 Å². The summed E-state index contributed by atoms with van der Waals surface area (Å²) in [7, 11) is 0. The van der Waals surface area contributed by atoms with E-state index in [9.17, 15) is 4.79 Å². The number of aryl methyl sites for hydroxylation is 1. The monoisotopic (exact) mass is 170 g/mol. The number of hydrogen-bond donors (Lipinski definition) is 0. The third kappa shape index (κ3) is 2.00. The Morgan fingerprint density at radius 2 is 2.08 bits per heavy atom. The zero-order chi connectivity index (χ0) is 9.14. The Kier molecular flexibility index (Phi) is 2.74. The van der Waals surface area contributed by atoms with Gasteiger partial charge in [-0.15, -0.1) is 0 Å². The van der Waals surface area contributed by atoms with Crippen LogP contribution in [0.1, 0.15) is 31.8 Å². The van der Waals surface area contributed by atoms with Crippen LogP contribution in [0.15, 0.2) is 13.6 Å².